The molecule has 7 heteroatoms. The quantitative estimate of drug-likeness (QED) is 0.622. The van der Waals surface area contributed by atoms with E-state index in [4.69, 9.17) is 9.52 Å². The molecule has 0 saturated heterocycles. The summed E-state index contributed by atoms with van der Waals surface area (Å²) in [6, 6.07) is 9.81. The molecule has 7 nitrogen and oxygen atoms in total. The Balaban J connectivity index is 2.12. The van der Waals surface area contributed by atoms with Gasteiger partial charge in [-0.15, -0.1) is 0 Å². The van der Waals surface area contributed by atoms with Gasteiger partial charge in [-0.25, -0.2) is 0 Å². The Morgan fingerprint density at radius 1 is 1.35 bits per heavy atom. The maximum absolute atomic E-state index is 11.1. The number of carbonyl (C=O) groups is 1. The summed E-state index contributed by atoms with van der Waals surface area (Å²) < 4.78 is 5.68. The van der Waals surface area contributed by atoms with Gasteiger partial charge in [-0.3, -0.25) is 19.8 Å². The molecule has 0 spiro atoms. The third-order valence-electron chi connectivity index (χ3n) is 3.46. The van der Waals surface area contributed by atoms with E-state index in [0.717, 1.165) is 0 Å². The van der Waals surface area contributed by atoms with Gasteiger partial charge in [0, 0.05) is 12.6 Å². The van der Waals surface area contributed by atoms with Gasteiger partial charge in [-0.2, -0.15) is 0 Å². The van der Waals surface area contributed by atoms with Gasteiger partial charge in [0.15, 0.2) is 0 Å². The van der Waals surface area contributed by atoms with E-state index in [0.29, 0.717) is 30.2 Å². The molecule has 0 aliphatic heterocycles. The first-order valence-electron chi connectivity index (χ1n) is 7.12. The average molecular weight is 318 g/mol. The minimum Gasteiger partial charge on any atom is -0.481 e. The average Bonchev–Trinajstić information content (AvgIpc) is 2.95. The number of nitro benzene ring substituents is 1. The lowest BCUT2D eigenvalue weighted by Gasteiger charge is -2.17. The van der Waals surface area contributed by atoms with Crippen molar-refractivity contribution in [3.63, 3.8) is 0 Å². The Labute approximate surface area is 133 Å². The van der Waals surface area contributed by atoms with Gasteiger partial charge in [-0.05, 0) is 25.2 Å². The highest BCUT2D eigenvalue weighted by molar-refractivity contribution is 5.70. The van der Waals surface area contributed by atoms with Crippen LogP contribution in [-0.2, 0) is 11.3 Å². The molecular weight excluding hydrogens is 300 g/mol. The number of hydrogen-bond donors (Lipinski definition) is 1. The smallest absolute Gasteiger partial charge is 0.307 e. The highest BCUT2D eigenvalue weighted by Gasteiger charge is 2.18. The maximum Gasteiger partial charge on any atom is 0.307 e. The summed E-state index contributed by atoms with van der Waals surface area (Å²) in [6.07, 6.45) is 0. The normalized spacial score (nSPS) is 12.3. The fraction of sp³-hybridized carbons (Fsp3) is 0.312. The molecule has 2 aromatic rings. The highest BCUT2D eigenvalue weighted by atomic mass is 16.6. The monoisotopic (exact) mass is 318 g/mol. The van der Waals surface area contributed by atoms with Gasteiger partial charge in [-0.1, -0.05) is 19.1 Å². The second-order valence-corrected chi connectivity index (χ2v) is 5.48. The summed E-state index contributed by atoms with van der Waals surface area (Å²) in [7, 11) is 1.80. The van der Waals surface area contributed by atoms with Crippen molar-refractivity contribution >= 4 is 11.7 Å². The molecule has 0 amide bonds. The summed E-state index contributed by atoms with van der Waals surface area (Å²) in [4.78, 5) is 23.3. The van der Waals surface area contributed by atoms with Gasteiger partial charge >= 0.3 is 5.97 Å². The van der Waals surface area contributed by atoms with Gasteiger partial charge in [0.05, 0.1) is 22.9 Å². The molecule has 0 bridgehead atoms. The lowest BCUT2D eigenvalue weighted by Crippen LogP contribution is -2.28. The fourth-order valence-corrected chi connectivity index (χ4v) is 2.33. The zero-order valence-corrected chi connectivity index (χ0v) is 12.9. The van der Waals surface area contributed by atoms with E-state index >= 15 is 0 Å². The van der Waals surface area contributed by atoms with Gasteiger partial charge in [0.25, 0.3) is 5.69 Å². The van der Waals surface area contributed by atoms with Gasteiger partial charge < -0.3 is 9.52 Å². The molecule has 0 fully saturated rings. The zero-order valence-electron chi connectivity index (χ0n) is 12.9. The van der Waals surface area contributed by atoms with Crippen LogP contribution in [0.15, 0.2) is 40.8 Å². The first-order chi connectivity index (χ1) is 10.9. The molecule has 0 radical (unpaired) electrons. The molecule has 23 heavy (non-hydrogen) atoms. The van der Waals surface area contributed by atoms with Crippen LogP contribution in [0, 0.1) is 16.0 Å². The van der Waals surface area contributed by atoms with Crippen LogP contribution in [0.5, 0.6) is 0 Å². The van der Waals surface area contributed by atoms with Crippen LogP contribution in [0.3, 0.4) is 0 Å². The molecule has 1 aromatic heterocycles. The second-order valence-electron chi connectivity index (χ2n) is 5.48. The van der Waals surface area contributed by atoms with E-state index in [2.05, 4.69) is 0 Å². The Kier molecular flexibility index (Phi) is 5.13. The SMILES string of the molecule is CC(CN(C)Cc1ccc(-c2ccccc2[N+](=O)[O-])o1)C(=O)O. The predicted octanol–water partition coefficient (Wildman–Crippen LogP) is 3.01. The van der Waals surface area contributed by atoms with Crippen molar-refractivity contribution in [2.24, 2.45) is 5.92 Å². The van der Waals surface area contributed by atoms with E-state index in [9.17, 15) is 14.9 Å². The van der Waals surface area contributed by atoms with Crippen molar-refractivity contribution in [1.82, 2.24) is 4.90 Å². The number of nitrogens with zero attached hydrogens (tertiary/aromatic N) is 2. The molecular formula is C16H18N2O5. The van der Waals surface area contributed by atoms with Gasteiger partial charge in [0.2, 0.25) is 0 Å². The van der Waals surface area contributed by atoms with Crippen LogP contribution < -0.4 is 0 Å². The Hall–Kier alpha value is -2.67. The summed E-state index contributed by atoms with van der Waals surface area (Å²) in [5.41, 5.74) is 0.409. The zero-order chi connectivity index (χ0) is 17.0. The fourth-order valence-electron chi connectivity index (χ4n) is 2.33. The maximum atomic E-state index is 11.1. The second kappa shape index (κ2) is 7.06. The summed E-state index contributed by atoms with van der Waals surface area (Å²) in [5.74, 6) is -0.285. The van der Waals surface area contributed by atoms with Crippen molar-refractivity contribution in [3.8, 4) is 11.3 Å². The molecule has 0 aliphatic carbocycles. The van der Waals surface area contributed by atoms with Crippen LogP contribution in [-0.4, -0.2) is 34.5 Å². The standard InChI is InChI=1S/C16H18N2O5/c1-11(16(19)20)9-17(2)10-12-7-8-15(23-12)13-5-3-4-6-14(13)18(21)22/h3-8,11H,9-10H2,1-2H3,(H,19,20). The molecule has 2 rings (SSSR count). The molecule has 1 unspecified atom stereocenters. The van der Waals surface area contributed by atoms with E-state index < -0.39 is 16.8 Å². The van der Waals surface area contributed by atoms with Crippen LogP contribution >= 0.6 is 0 Å². The molecule has 1 aromatic carbocycles. The molecule has 0 aliphatic rings. The molecule has 122 valence electrons. The summed E-state index contributed by atoms with van der Waals surface area (Å²) >= 11 is 0. The minimum absolute atomic E-state index is 0.0127. The van der Waals surface area contributed by atoms with Gasteiger partial charge in [0.1, 0.15) is 11.5 Å². The Bertz CT molecular complexity index is 710. The van der Waals surface area contributed by atoms with Crippen molar-refractivity contribution < 1.29 is 19.2 Å². The summed E-state index contributed by atoms with van der Waals surface area (Å²) in [5, 5.41) is 20.0. The lowest BCUT2D eigenvalue weighted by molar-refractivity contribution is -0.384. The molecule has 1 N–H and O–H groups in total. The number of carboxylic acids is 1. The summed E-state index contributed by atoms with van der Waals surface area (Å²) in [6.45, 7) is 2.45. The number of para-hydroxylation sites is 1. The molecule has 0 saturated carbocycles. The number of nitro groups is 1. The van der Waals surface area contributed by atoms with E-state index in [1.807, 2.05) is 4.90 Å². The molecule has 1 atom stereocenters. The van der Waals surface area contributed by atoms with Crippen LogP contribution in [0.2, 0.25) is 0 Å². The number of rotatable bonds is 7. The number of carboxylic acid groups (broad SMARTS) is 1. The first kappa shape index (κ1) is 16.7. The Morgan fingerprint density at radius 2 is 2.04 bits per heavy atom. The third-order valence-corrected chi connectivity index (χ3v) is 3.46. The van der Waals surface area contributed by atoms with Crippen molar-refractivity contribution in [1.29, 1.82) is 0 Å². The molecule has 1 heterocycles. The van der Waals surface area contributed by atoms with Crippen LogP contribution in [0.4, 0.5) is 5.69 Å². The number of aliphatic carboxylic acids is 1. The van der Waals surface area contributed by atoms with Crippen molar-refractivity contribution in [2.45, 2.75) is 13.5 Å². The number of hydrogen-bond acceptors (Lipinski definition) is 5. The van der Waals surface area contributed by atoms with E-state index in [1.54, 1.807) is 44.3 Å². The third kappa shape index (κ3) is 4.17. The van der Waals surface area contributed by atoms with Crippen molar-refractivity contribution in [2.75, 3.05) is 13.6 Å². The van der Waals surface area contributed by atoms with Crippen molar-refractivity contribution in [3.05, 3.63) is 52.3 Å². The van der Waals surface area contributed by atoms with Crippen LogP contribution in [0.1, 0.15) is 12.7 Å². The van der Waals surface area contributed by atoms with Crippen LogP contribution in [0.25, 0.3) is 11.3 Å². The Morgan fingerprint density at radius 3 is 2.70 bits per heavy atom. The highest BCUT2D eigenvalue weighted by Crippen LogP contribution is 2.31. The van der Waals surface area contributed by atoms with E-state index in [1.165, 1.54) is 6.07 Å². The number of furan rings is 1. The minimum atomic E-state index is -0.850. The largest absolute Gasteiger partial charge is 0.481 e. The number of benzene rings is 1. The topological polar surface area (TPSA) is 96.8 Å². The van der Waals surface area contributed by atoms with E-state index in [-0.39, 0.29) is 5.69 Å². The first-order valence-corrected chi connectivity index (χ1v) is 7.12. The predicted molar refractivity (Wildman–Crippen MR) is 83.9 cm³/mol. The lowest BCUT2D eigenvalue weighted by atomic mass is 10.1.